The van der Waals surface area contributed by atoms with Crippen LogP contribution < -0.4 is 9.46 Å². The van der Waals surface area contributed by atoms with E-state index in [1.807, 2.05) is 0 Å². The number of aliphatic hydroxyl groups is 2. The molecule has 0 aliphatic heterocycles. The van der Waals surface area contributed by atoms with Crippen molar-refractivity contribution in [3.05, 3.63) is 23.3 Å². The Bertz CT molecular complexity index is 555. The minimum atomic E-state index is -3.85. The van der Waals surface area contributed by atoms with Crippen LogP contribution in [0, 0.1) is 13.8 Å². The quantitative estimate of drug-likeness (QED) is 0.704. The molecule has 1 aromatic rings. The summed E-state index contributed by atoms with van der Waals surface area (Å²) in [4.78, 5) is 0.131. The maximum absolute atomic E-state index is 12.4. The van der Waals surface area contributed by atoms with E-state index in [0.717, 1.165) is 0 Å². The number of ether oxygens (including phenoxy) is 1. The highest BCUT2D eigenvalue weighted by atomic mass is 32.2. The van der Waals surface area contributed by atoms with E-state index in [1.54, 1.807) is 26.0 Å². The molecular formula is C13H21NO5S. The summed E-state index contributed by atoms with van der Waals surface area (Å²) in [7, 11) is -2.34. The molecule has 0 radical (unpaired) electrons. The second-order valence-corrected chi connectivity index (χ2v) is 6.69. The largest absolute Gasteiger partial charge is 0.497 e. The Morgan fingerprint density at radius 1 is 1.20 bits per heavy atom. The number of rotatable bonds is 6. The summed E-state index contributed by atoms with van der Waals surface area (Å²) in [5.41, 5.74) is -0.238. The lowest BCUT2D eigenvalue weighted by Gasteiger charge is -2.26. The zero-order valence-electron chi connectivity index (χ0n) is 12.1. The van der Waals surface area contributed by atoms with Crippen LogP contribution in [-0.4, -0.2) is 44.5 Å². The number of aliphatic hydroxyl groups excluding tert-OH is 2. The second kappa shape index (κ2) is 6.09. The molecule has 0 unspecified atom stereocenters. The van der Waals surface area contributed by atoms with Gasteiger partial charge >= 0.3 is 0 Å². The first-order valence-electron chi connectivity index (χ1n) is 6.10. The third-order valence-corrected chi connectivity index (χ3v) is 4.96. The molecule has 0 aliphatic carbocycles. The molecule has 0 amide bonds. The zero-order valence-corrected chi connectivity index (χ0v) is 12.9. The lowest BCUT2D eigenvalue weighted by Crippen LogP contribution is -2.51. The Morgan fingerprint density at radius 2 is 1.65 bits per heavy atom. The smallest absolute Gasteiger partial charge is 0.241 e. The second-order valence-electron chi connectivity index (χ2n) is 5.07. The van der Waals surface area contributed by atoms with Crippen LogP contribution in [-0.2, 0) is 10.0 Å². The van der Waals surface area contributed by atoms with E-state index in [4.69, 9.17) is 4.74 Å². The van der Waals surface area contributed by atoms with Crippen LogP contribution in [0.3, 0.4) is 0 Å². The molecule has 1 aromatic carbocycles. The van der Waals surface area contributed by atoms with Gasteiger partial charge in [0.15, 0.2) is 0 Å². The topological polar surface area (TPSA) is 95.9 Å². The molecule has 0 aromatic heterocycles. The minimum Gasteiger partial charge on any atom is -0.497 e. The third kappa shape index (κ3) is 3.49. The summed E-state index contributed by atoms with van der Waals surface area (Å²) in [6.45, 7) is 3.76. The van der Waals surface area contributed by atoms with Crippen molar-refractivity contribution in [1.82, 2.24) is 4.72 Å². The highest BCUT2D eigenvalue weighted by Gasteiger charge is 2.31. The number of sulfonamides is 1. The van der Waals surface area contributed by atoms with Crippen LogP contribution in [0.15, 0.2) is 17.0 Å². The maximum atomic E-state index is 12.4. The van der Waals surface area contributed by atoms with Crippen molar-refractivity contribution < 1.29 is 23.4 Å². The van der Waals surface area contributed by atoms with E-state index in [-0.39, 0.29) is 4.90 Å². The van der Waals surface area contributed by atoms with E-state index in [0.29, 0.717) is 16.9 Å². The summed E-state index contributed by atoms with van der Waals surface area (Å²) >= 11 is 0. The van der Waals surface area contributed by atoms with E-state index >= 15 is 0 Å². The Kier molecular flexibility index (Phi) is 5.15. The predicted molar refractivity (Wildman–Crippen MR) is 75.4 cm³/mol. The van der Waals surface area contributed by atoms with Gasteiger partial charge in [-0.25, -0.2) is 13.1 Å². The van der Waals surface area contributed by atoms with Crippen molar-refractivity contribution in [1.29, 1.82) is 0 Å². The van der Waals surface area contributed by atoms with Gasteiger partial charge in [0.25, 0.3) is 0 Å². The van der Waals surface area contributed by atoms with Gasteiger partial charge in [-0.05, 0) is 44.0 Å². The van der Waals surface area contributed by atoms with E-state index < -0.39 is 28.8 Å². The van der Waals surface area contributed by atoms with Gasteiger partial charge < -0.3 is 14.9 Å². The van der Waals surface area contributed by atoms with Gasteiger partial charge in [0.1, 0.15) is 5.75 Å². The lowest BCUT2D eigenvalue weighted by molar-refractivity contribution is 0.121. The molecule has 0 heterocycles. The van der Waals surface area contributed by atoms with E-state index in [2.05, 4.69) is 4.72 Å². The van der Waals surface area contributed by atoms with Crippen molar-refractivity contribution >= 4 is 10.0 Å². The molecular weight excluding hydrogens is 282 g/mol. The molecule has 3 N–H and O–H groups in total. The molecule has 7 heteroatoms. The SMILES string of the molecule is COc1cc(C)c(S(=O)(=O)NC(C)(CO)CO)c(C)c1. The average molecular weight is 303 g/mol. The van der Waals surface area contributed by atoms with E-state index in [1.165, 1.54) is 14.0 Å². The van der Waals surface area contributed by atoms with Crippen LogP contribution >= 0.6 is 0 Å². The fourth-order valence-corrected chi connectivity index (χ4v) is 3.79. The van der Waals surface area contributed by atoms with Crippen molar-refractivity contribution in [2.45, 2.75) is 31.2 Å². The molecule has 0 atom stereocenters. The van der Waals surface area contributed by atoms with Crippen molar-refractivity contribution in [2.75, 3.05) is 20.3 Å². The number of methoxy groups -OCH3 is 1. The van der Waals surface area contributed by atoms with Crippen LogP contribution in [0.4, 0.5) is 0 Å². The Balaban J connectivity index is 3.30. The molecule has 1 rings (SSSR count). The first kappa shape index (κ1) is 16.9. The molecule has 0 saturated heterocycles. The molecule has 6 nitrogen and oxygen atoms in total. The molecule has 0 fully saturated rings. The fourth-order valence-electron chi connectivity index (χ4n) is 1.94. The fraction of sp³-hybridized carbons (Fsp3) is 0.538. The predicted octanol–water partition coefficient (Wildman–Crippen LogP) is 0.334. The number of hydrogen-bond acceptors (Lipinski definition) is 5. The molecule has 0 saturated carbocycles. The van der Waals surface area contributed by atoms with Gasteiger partial charge in [-0.3, -0.25) is 0 Å². The van der Waals surface area contributed by atoms with Gasteiger partial charge in [0.2, 0.25) is 10.0 Å². The van der Waals surface area contributed by atoms with Gasteiger partial charge in [-0.1, -0.05) is 0 Å². The Hall–Kier alpha value is -1.15. The summed E-state index contributed by atoms with van der Waals surface area (Å²) < 4.78 is 32.3. The lowest BCUT2D eigenvalue weighted by atomic mass is 10.1. The summed E-state index contributed by atoms with van der Waals surface area (Å²) in [5.74, 6) is 0.575. The number of nitrogens with one attached hydrogen (secondary N) is 1. The van der Waals surface area contributed by atoms with Crippen molar-refractivity contribution in [3.8, 4) is 5.75 Å². The first-order chi connectivity index (χ1) is 9.19. The van der Waals surface area contributed by atoms with Crippen molar-refractivity contribution in [3.63, 3.8) is 0 Å². The Morgan fingerprint density at radius 3 is 2.00 bits per heavy atom. The van der Waals surface area contributed by atoms with Gasteiger partial charge in [0, 0.05) is 0 Å². The average Bonchev–Trinajstić information content (AvgIpc) is 2.36. The molecule has 0 aliphatic rings. The van der Waals surface area contributed by atoms with Gasteiger partial charge in [-0.2, -0.15) is 0 Å². The highest BCUT2D eigenvalue weighted by Crippen LogP contribution is 2.26. The third-order valence-electron chi connectivity index (χ3n) is 3.02. The number of benzene rings is 1. The Labute approximate surface area is 119 Å². The summed E-state index contributed by atoms with van der Waals surface area (Å²) in [5, 5.41) is 18.4. The number of hydrogen-bond donors (Lipinski definition) is 3. The van der Waals surface area contributed by atoms with Crippen molar-refractivity contribution in [2.24, 2.45) is 0 Å². The van der Waals surface area contributed by atoms with Gasteiger partial charge in [0.05, 0.1) is 30.8 Å². The monoisotopic (exact) mass is 303 g/mol. The van der Waals surface area contributed by atoms with Crippen LogP contribution in [0.25, 0.3) is 0 Å². The molecule has 0 bridgehead atoms. The van der Waals surface area contributed by atoms with E-state index in [9.17, 15) is 18.6 Å². The van der Waals surface area contributed by atoms with Crippen LogP contribution in [0.2, 0.25) is 0 Å². The summed E-state index contributed by atoms with van der Waals surface area (Å²) in [6, 6.07) is 3.24. The van der Waals surface area contributed by atoms with Crippen LogP contribution in [0.5, 0.6) is 5.75 Å². The first-order valence-corrected chi connectivity index (χ1v) is 7.58. The normalized spacial score (nSPS) is 12.5. The van der Waals surface area contributed by atoms with Crippen LogP contribution in [0.1, 0.15) is 18.1 Å². The standard InChI is InChI=1S/C13H21NO5S/c1-9-5-11(19-4)6-10(2)12(9)20(17,18)14-13(3,7-15)8-16/h5-6,14-16H,7-8H2,1-4H3. The van der Waals surface area contributed by atoms with Gasteiger partial charge in [-0.15, -0.1) is 0 Å². The summed E-state index contributed by atoms with van der Waals surface area (Å²) in [6.07, 6.45) is 0. The zero-order chi connectivity index (χ0) is 15.6. The minimum absolute atomic E-state index is 0.131. The highest BCUT2D eigenvalue weighted by molar-refractivity contribution is 7.89. The molecule has 0 spiro atoms. The molecule has 114 valence electrons. The molecule has 20 heavy (non-hydrogen) atoms. The number of aryl methyl sites for hydroxylation is 2. The maximum Gasteiger partial charge on any atom is 0.241 e.